The number of aromatic carboxylic acids is 1. The maximum atomic E-state index is 15.0. The lowest BCUT2D eigenvalue weighted by Crippen LogP contribution is -2.42. The van der Waals surface area contributed by atoms with Crippen molar-refractivity contribution in [2.24, 2.45) is 14.1 Å². The number of hydrogen-bond acceptors (Lipinski definition) is 5. The Labute approximate surface area is 299 Å². The SMILES string of the molecule is Cc1cc(OCCCc2c3n(c4c(-c5c(C)nn(C)c5C)c(Cl)ccc24)[C@H](C)CN(c2cccc4c2c(C(=O)O)nn4C)C3=O)cc(C)c1Cl. The van der Waals surface area contributed by atoms with Crippen molar-refractivity contribution in [3.8, 4) is 16.9 Å². The van der Waals surface area contributed by atoms with Crippen LogP contribution < -0.4 is 9.64 Å². The van der Waals surface area contributed by atoms with Gasteiger partial charge in [0.2, 0.25) is 0 Å². The highest BCUT2D eigenvalue weighted by atomic mass is 35.5. The summed E-state index contributed by atoms with van der Waals surface area (Å²) in [5.74, 6) is -0.615. The van der Waals surface area contributed by atoms with E-state index < -0.39 is 5.97 Å². The summed E-state index contributed by atoms with van der Waals surface area (Å²) in [6.07, 6.45) is 1.19. The van der Waals surface area contributed by atoms with Crippen LogP contribution in [0.5, 0.6) is 5.75 Å². The lowest BCUT2D eigenvalue weighted by atomic mass is 9.98. The molecule has 3 aromatic heterocycles. The summed E-state index contributed by atoms with van der Waals surface area (Å²) < 4.78 is 11.7. The third kappa shape index (κ3) is 5.24. The zero-order valence-corrected chi connectivity index (χ0v) is 30.6. The van der Waals surface area contributed by atoms with Crippen LogP contribution in [0.25, 0.3) is 32.9 Å². The van der Waals surface area contributed by atoms with Gasteiger partial charge in [0.25, 0.3) is 5.91 Å². The van der Waals surface area contributed by atoms with Crippen molar-refractivity contribution in [3.63, 3.8) is 0 Å². The topological polar surface area (TPSA) is 107 Å². The predicted octanol–water partition coefficient (Wildman–Crippen LogP) is 8.40. The minimum Gasteiger partial charge on any atom is -0.494 e. The van der Waals surface area contributed by atoms with Crippen LogP contribution in [-0.2, 0) is 20.5 Å². The molecular weight excluding hydrogens is 675 g/mol. The molecule has 1 amide bonds. The van der Waals surface area contributed by atoms with E-state index in [0.29, 0.717) is 53.3 Å². The van der Waals surface area contributed by atoms with Gasteiger partial charge in [-0.1, -0.05) is 35.3 Å². The summed E-state index contributed by atoms with van der Waals surface area (Å²) in [5.41, 5.74) is 8.90. The smallest absolute Gasteiger partial charge is 0.357 e. The molecule has 0 unspecified atom stereocenters. The summed E-state index contributed by atoms with van der Waals surface area (Å²) >= 11 is 13.4. The molecule has 0 bridgehead atoms. The number of anilines is 1. The maximum absolute atomic E-state index is 15.0. The molecule has 0 saturated heterocycles. The molecule has 7 rings (SSSR count). The van der Waals surface area contributed by atoms with Crippen molar-refractivity contribution in [2.75, 3.05) is 18.1 Å². The normalized spacial score (nSPS) is 14.6. The third-order valence-corrected chi connectivity index (χ3v) is 10.8. The highest BCUT2D eigenvalue weighted by Crippen LogP contribution is 2.45. The first-order valence-electron chi connectivity index (χ1n) is 16.6. The summed E-state index contributed by atoms with van der Waals surface area (Å²) in [6, 6.07) is 13.0. The number of carboxylic acids is 1. The van der Waals surface area contributed by atoms with E-state index in [4.69, 9.17) is 33.0 Å². The second-order valence-corrected chi connectivity index (χ2v) is 14.0. The van der Waals surface area contributed by atoms with Crippen LogP contribution in [0.3, 0.4) is 0 Å². The van der Waals surface area contributed by atoms with Gasteiger partial charge in [0.1, 0.15) is 11.4 Å². The van der Waals surface area contributed by atoms with Gasteiger partial charge in [0, 0.05) is 53.9 Å². The van der Waals surface area contributed by atoms with Gasteiger partial charge in [-0.15, -0.1) is 0 Å². The van der Waals surface area contributed by atoms with Crippen LogP contribution in [0.1, 0.15) is 68.4 Å². The fraction of sp³-hybridized carbons (Fsp3) is 0.316. The molecule has 0 radical (unpaired) electrons. The van der Waals surface area contributed by atoms with Crippen molar-refractivity contribution in [3.05, 3.63) is 92.0 Å². The largest absolute Gasteiger partial charge is 0.494 e. The Hall–Kier alpha value is -4.80. The fourth-order valence-corrected chi connectivity index (χ4v) is 7.96. The highest BCUT2D eigenvalue weighted by molar-refractivity contribution is 6.35. The van der Waals surface area contributed by atoms with E-state index in [0.717, 1.165) is 60.9 Å². The van der Waals surface area contributed by atoms with Gasteiger partial charge in [0.05, 0.1) is 39.4 Å². The molecule has 258 valence electrons. The third-order valence-electron chi connectivity index (χ3n) is 9.91. The van der Waals surface area contributed by atoms with E-state index in [1.807, 2.05) is 75.8 Å². The number of carbonyl (C=O) groups is 2. The molecule has 1 atom stereocenters. The molecule has 1 aliphatic heterocycles. The average Bonchev–Trinajstić information content (AvgIpc) is 3.68. The number of carbonyl (C=O) groups excluding carboxylic acids is 1. The molecule has 0 saturated carbocycles. The molecule has 1 N–H and O–H groups in total. The zero-order valence-electron chi connectivity index (χ0n) is 29.1. The number of carboxylic acid groups (broad SMARTS) is 1. The average molecular weight is 714 g/mol. The first-order chi connectivity index (χ1) is 23.8. The monoisotopic (exact) mass is 712 g/mol. The van der Waals surface area contributed by atoms with Crippen LogP contribution in [0.15, 0.2) is 42.5 Å². The lowest BCUT2D eigenvalue weighted by Gasteiger charge is -2.34. The Morgan fingerprint density at radius 3 is 2.38 bits per heavy atom. The summed E-state index contributed by atoms with van der Waals surface area (Å²) in [6.45, 7) is 10.7. The van der Waals surface area contributed by atoms with Gasteiger partial charge in [-0.25, -0.2) is 4.79 Å². The second kappa shape index (κ2) is 12.5. The van der Waals surface area contributed by atoms with Crippen LogP contribution in [0.4, 0.5) is 5.69 Å². The van der Waals surface area contributed by atoms with Crippen molar-refractivity contribution < 1.29 is 19.4 Å². The molecule has 1 aliphatic rings. The zero-order chi connectivity index (χ0) is 35.8. The maximum Gasteiger partial charge on any atom is 0.357 e. The number of aromatic nitrogens is 5. The number of benzene rings is 3. The van der Waals surface area contributed by atoms with E-state index in [-0.39, 0.29) is 17.6 Å². The Kier molecular flexibility index (Phi) is 8.43. The van der Waals surface area contributed by atoms with E-state index >= 15 is 0 Å². The standard InChI is InChI=1S/C38H38Cl2N6O4/c1-19-16-24(17-20(2)33(19)40)50-15-9-10-25-26-13-14-27(39)31(30-22(4)41-43(6)23(30)5)35(26)46-21(3)18-45(37(47)36(25)46)29-12-8-11-28-32(29)34(38(48)49)42-44(28)7/h8,11-14,16-17,21H,9-10,15,18H2,1-7H3,(H,48,49)/t21-/m1/s1. The molecule has 12 heteroatoms. The van der Waals surface area contributed by atoms with Crippen LogP contribution in [0.2, 0.25) is 10.0 Å². The number of hydrogen-bond donors (Lipinski definition) is 1. The van der Waals surface area contributed by atoms with Gasteiger partial charge in [-0.05, 0) is 94.5 Å². The first kappa shape index (κ1) is 33.7. The quantitative estimate of drug-likeness (QED) is 0.159. The number of fused-ring (bicyclic) bond motifs is 4. The van der Waals surface area contributed by atoms with Gasteiger partial charge >= 0.3 is 5.97 Å². The molecule has 0 spiro atoms. The molecule has 0 aliphatic carbocycles. The molecule has 6 aromatic rings. The predicted molar refractivity (Wildman–Crippen MR) is 197 cm³/mol. The first-order valence-corrected chi connectivity index (χ1v) is 17.3. The van der Waals surface area contributed by atoms with Crippen molar-refractivity contribution in [1.29, 1.82) is 0 Å². The van der Waals surface area contributed by atoms with Crippen LogP contribution in [0, 0.1) is 27.7 Å². The molecule has 10 nitrogen and oxygen atoms in total. The molecule has 4 heterocycles. The van der Waals surface area contributed by atoms with Crippen molar-refractivity contribution in [2.45, 2.75) is 53.5 Å². The number of nitrogens with zero attached hydrogens (tertiary/aromatic N) is 6. The molecule has 3 aromatic carbocycles. The van der Waals surface area contributed by atoms with E-state index in [1.54, 1.807) is 22.7 Å². The number of ether oxygens (including phenoxy) is 1. The Bertz CT molecular complexity index is 2360. The van der Waals surface area contributed by atoms with Gasteiger partial charge in [-0.2, -0.15) is 10.2 Å². The Morgan fingerprint density at radius 2 is 1.72 bits per heavy atom. The number of rotatable bonds is 8. The van der Waals surface area contributed by atoms with Crippen molar-refractivity contribution in [1.82, 2.24) is 24.1 Å². The van der Waals surface area contributed by atoms with E-state index in [9.17, 15) is 14.7 Å². The number of halogens is 2. The Balaban J connectivity index is 1.39. The minimum atomic E-state index is -1.15. The number of aryl methyl sites for hydroxylation is 6. The lowest BCUT2D eigenvalue weighted by molar-refractivity contribution is 0.0691. The molecule has 50 heavy (non-hydrogen) atoms. The second-order valence-electron chi connectivity index (χ2n) is 13.2. The van der Waals surface area contributed by atoms with Gasteiger partial charge < -0.3 is 19.3 Å². The van der Waals surface area contributed by atoms with Crippen LogP contribution >= 0.6 is 23.2 Å². The Morgan fingerprint density at radius 1 is 1.00 bits per heavy atom. The number of amides is 1. The molecule has 0 fully saturated rings. The minimum absolute atomic E-state index is 0.0914. The summed E-state index contributed by atoms with van der Waals surface area (Å²) in [5, 5.41) is 21.7. The fourth-order valence-electron chi connectivity index (χ4n) is 7.61. The van der Waals surface area contributed by atoms with Crippen molar-refractivity contribution >= 4 is 62.6 Å². The van der Waals surface area contributed by atoms with Crippen LogP contribution in [-0.4, -0.2) is 54.3 Å². The van der Waals surface area contributed by atoms with Gasteiger partial charge in [0.15, 0.2) is 5.69 Å². The molecular formula is C38H38Cl2N6O4. The summed E-state index contributed by atoms with van der Waals surface area (Å²) in [7, 11) is 3.62. The van der Waals surface area contributed by atoms with Gasteiger partial charge in [-0.3, -0.25) is 14.2 Å². The summed E-state index contributed by atoms with van der Waals surface area (Å²) in [4.78, 5) is 29.0. The van der Waals surface area contributed by atoms with E-state index in [2.05, 4.69) is 16.6 Å². The highest BCUT2D eigenvalue weighted by Gasteiger charge is 2.38. The van der Waals surface area contributed by atoms with E-state index in [1.165, 1.54) is 0 Å².